The van der Waals surface area contributed by atoms with E-state index >= 15 is 0 Å². The SMILES string of the molecule is CC(C)(C)O[C-]=O.[CH2-][C@H](C)N(C[CH-]C)c1ncnc2c1c(-c1cccnc1)cn2-c1cccc(Cl)c1.[Li+]. The van der Waals surface area contributed by atoms with Crippen molar-refractivity contribution in [2.75, 3.05) is 11.4 Å². The van der Waals surface area contributed by atoms with Gasteiger partial charge < -0.3 is 32.3 Å². The molecule has 0 fully saturated rings. The number of rotatable bonds is 7. The van der Waals surface area contributed by atoms with Crippen molar-refractivity contribution in [2.24, 2.45) is 0 Å². The van der Waals surface area contributed by atoms with E-state index in [1.165, 1.54) is 6.47 Å². The van der Waals surface area contributed by atoms with Crippen LogP contribution in [0.15, 0.2) is 61.3 Å². The summed E-state index contributed by atoms with van der Waals surface area (Å²) in [6.45, 7) is 15.8. The van der Waals surface area contributed by atoms with Crippen molar-refractivity contribution in [2.45, 2.75) is 46.3 Å². The smallest absolute Gasteiger partial charge is 0.649 e. The quantitative estimate of drug-likeness (QED) is 0.280. The summed E-state index contributed by atoms with van der Waals surface area (Å²) in [4.78, 5) is 25.2. The summed E-state index contributed by atoms with van der Waals surface area (Å²) < 4.78 is 6.48. The first-order valence-corrected chi connectivity index (χ1v) is 12.0. The normalized spacial score (nSPS) is 11.6. The molecular weight excluding hydrogens is 481 g/mol. The van der Waals surface area contributed by atoms with E-state index in [1.54, 1.807) is 33.3 Å². The van der Waals surface area contributed by atoms with Crippen LogP contribution in [0.25, 0.3) is 27.8 Å². The molecule has 37 heavy (non-hydrogen) atoms. The molecule has 1 atom stereocenters. The zero-order valence-electron chi connectivity index (χ0n) is 22.3. The Kier molecular flexibility index (Phi) is 11.2. The van der Waals surface area contributed by atoms with Gasteiger partial charge in [-0.2, -0.15) is 6.92 Å². The summed E-state index contributed by atoms with van der Waals surface area (Å²) in [6.07, 6.45) is 9.42. The van der Waals surface area contributed by atoms with Gasteiger partial charge in [-0.15, -0.1) is 12.6 Å². The number of hydrogen-bond acceptors (Lipinski definition) is 6. The molecule has 0 amide bonds. The first-order valence-electron chi connectivity index (χ1n) is 11.6. The molecule has 0 bridgehead atoms. The van der Waals surface area contributed by atoms with Gasteiger partial charge in [0.05, 0.1) is 11.0 Å². The minimum absolute atomic E-state index is 0. The van der Waals surface area contributed by atoms with Crippen LogP contribution in [-0.4, -0.2) is 44.2 Å². The molecule has 0 aliphatic rings. The van der Waals surface area contributed by atoms with Crippen LogP contribution in [0, 0.1) is 13.3 Å². The maximum atomic E-state index is 9.47. The first-order chi connectivity index (χ1) is 17.2. The molecule has 3 aromatic heterocycles. The van der Waals surface area contributed by atoms with Gasteiger partial charge in [0.1, 0.15) is 12.1 Å². The number of benzene rings is 1. The van der Waals surface area contributed by atoms with Gasteiger partial charge in [0.2, 0.25) is 0 Å². The molecule has 0 N–H and O–H groups in total. The van der Waals surface area contributed by atoms with E-state index in [4.69, 9.17) is 11.6 Å². The van der Waals surface area contributed by atoms with Gasteiger partial charge in [0.15, 0.2) is 5.65 Å². The topological polar surface area (TPSA) is 73.1 Å². The van der Waals surface area contributed by atoms with Gasteiger partial charge in [-0.25, -0.2) is 9.97 Å². The fourth-order valence-corrected chi connectivity index (χ4v) is 3.81. The average Bonchev–Trinajstić information content (AvgIpc) is 3.23. The molecule has 4 rings (SSSR count). The molecular formula is C28H31ClLiN5O2-2. The Labute approximate surface area is 236 Å². The standard InChI is InChI=1S/C23H22ClN5.C5H9O2.Li/c1-4-11-28(16(2)3)22-21-20(17-7-6-10-25-13-17)14-29(23(21)27-15-26-22)19-9-5-8-18(24)12-19;1-5(2,3)7-4-6;/h4-10,12-16H,2,11H2,1,3H3;1-3H3;/q-2;-1;+1/t16-;;/m1../s1. The Hall–Kier alpha value is -2.85. The minimum Gasteiger partial charge on any atom is -0.649 e. The van der Waals surface area contributed by atoms with Crippen molar-refractivity contribution in [3.8, 4) is 16.8 Å². The second kappa shape index (κ2) is 13.6. The third-order valence-electron chi connectivity index (χ3n) is 5.15. The van der Waals surface area contributed by atoms with E-state index in [1.807, 2.05) is 49.5 Å². The number of halogens is 1. The Balaban J connectivity index is 0.000000532. The van der Waals surface area contributed by atoms with E-state index < -0.39 is 0 Å². The molecule has 0 saturated heterocycles. The monoisotopic (exact) mass is 511 g/mol. The molecule has 0 radical (unpaired) electrons. The number of carbonyl (C=O) groups excluding carboxylic acids is 1. The molecule has 9 heteroatoms. The Bertz CT molecular complexity index is 1290. The second-order valence-electron chi connectivity index (χ2n) is 9.24. The van der Waals surface area contributed by atoms with Crippen molar-refractivity contribution in [3.05, 3.63) is 79.7 Å². The molecule has 1 aromatic carbocycles. The number of nitrogens with zero attached hydrogens (tertiary/aromatic N) is 5. The van der Waals surface area contributed by atoms with E-state index in [2.05, 4.69) is 55.6 Å². The van der Waals surface area contributed by atoms with E-state index in [9.17, 15) is 4.79 Å². The second-order valence-corrected chi connectivity index (χ2v) is 9.67. The Morgan fingerprint density at radius 3 is 2.54 bits per heavy atom. The van der Waals surface area contributed by atoms with Crippen LogP contribution < -0.4 is 23.8 Å². The zero-order chi connectivity index (χ0) is 26.3. The maximum Gasteiger partial charge on any atom is 1.00 e. The van der Waals surface area contributed by atoms with Crippen LogP contribution in [0.1, 0.15) is 34.6 Å². The average molecular weight is 512 g/mol. The summed E-state index contributed by atoms with van der Waals surface area (Å²) >= 11 is 6.26. The molecule has 0 spiro atoms. The van der Waals surface area contributed by atoms with Crippen LogP contribution in [0.3, 0.4) is 0 Å². The molecule has 190 valence electrons. The summed E-state index contributed by atoms with van der Waals surface area (Å²) in [5.41, 5.74) is 3.41. The molecule has 0 aliphatic carbocycles. The third-order valence-corrected chi connectivity index (χ3v) is 5.39. The van der Waals surface area contributed by atoms with Crippen molar-refractivity contribution in [1.29, 1.82) is 0 Å². The largest absolute Gasteiger partial charge is 1.00 e. The minimum atomic E-state index is -0.373. The number of aromatic nitrogens is 4. The van der Waals surface area contributed by atoms with Crippen LogP contribution in [0.2, 0.25) is 5.02 Å². The molecule has 3 heterocycles. The summed E-state index contributed by atoms with van der Waals surface area (Å²) in [5.74, 6) is 0.857. The third kappa shape index (κ3) is 7.82. The van der Waals surface area contributed by atoms with Crippen LogP contribution in [0.4, 0.5) is 5.82 Å². The van der Waals surface area contributed by atoms with Crippen molar-refractivity contribution < 1.29 is 28.4 Å². The number of ether oxygens (including phenoxy) is 1. The van der Waals surface area contributed by atoms with E-state index in [0.29, 0.717) is 5.02 Å². The zero-order valence-corrected chi connectivity index (χ0v) is 23.0. The molecule has 7 nitrogen and oxygen atoms in total. The first kappa shape index (κ1) is 30.4. The predicted octanol–water partition coefficient (Wildman–Crippen LogP) is 3.26. The summed E-state index contributed by atoms with van der Waals surface area (Å²) in [5, 5.41) is 1.65. The van der Waals surface area contributed by atoms with Gasteiger partial charge in [-0.3, -0.25) is 4.98 Å². The molecule has 0 aliphatic heterocycles. The number of anilines is 1. The van der Waals surface area contributed by atoms with Crippen LogP contribution in [-0.2, 0) is 9.53 Å². The predicted molar refractivity (Wildman–Crippen MR) is 146 cm³/mol. The molecule has 0 unspecified atom stereocenters. The van der Waals surface area contributed by atoms with Gasteiger partial charge in [0.25, 0.3) is 0 Å². The van der Waals surface area contributed by atoms with Crippen molar-refractivity contribution >= 4 is 34.9 Å². The number of hydrogen-bond donors (Lipinski definition) is 0. The van der Waals surface area contributed by atoms with E-state index in [0.717, 1.165) is 40.2 Å². The van der Waals surface area contributed by atoms with Crippen LogP contribution >= 0.6 is 11.6 Å². The van der Waals surface area contributed by atoms with E-state index in [-0.39, 0.29) is 30.5 Å². The van der Waals surface area contributed by atoms with Gasteiger partial charge >= 0.3 is 18.9 Å². The fourth-order valence-electron chi connectivity index (χ4n) is 3.62. The fraction of sp³-hybridized carbons (Fsp3) is 0.286. The molecule has 0 saturated carbocycles. The number of fused-ring (bicyclic) bond motifs is 1. The van der Waals surface area contributed by atoms with Gasteiger partial charge in [0, 0.05) is 40.4 Å². The van der Waals surface area contributed by atoms with Crippen molar-refractivity contribution in [3.63, 3.8) is 0 Å². The maximum absolute atomic E-state index is 9.47. The Morgan fingerprint density at radius 1 is 1.24 bits per heavy atom. The molecule has 4 aromatic rings. The summed E-state index contributed by atoms with van der Waals surface area (Å²) in [7, 11) is 0. The summed E-state index contributed by atoms with van der Waals surface area (Å²) in [6, 6.07) is 11.8. The van der Waals surface area contributed by atoms with Gasteiger partial charge in [-0.05, 0) is 45.0 Å². The van der Waals surface area contributed by atoms with Crippen LogP contribution in [0.5, 0.6) is 0 Å². The van der Waals surface area contributed by atoms with Gasteiger partial charge in [-0.1, -0.05) is 37.1 Å². The van der Waals surface area contributed by atoms with Crippen molar-refractivity contribution in [1.82, 2.24) is 19.5 Å². The number of pyridine rings is 1. The Morgan fingerprint density at radius 2 is 2.00 bits per heavy atom.